The lowest BCUT2D eigenvalue weighted by Gasteiger charge is -2.29. The van der Waals surface area contributed by atoms with Gasteiger partial charge in [0.1, 0.15) is 0 Å². The van der Waals surface area contributed by atoms with Gasteiger partial charge < -0.3 is 9.47 Å². The summed E-state index contributed by atoms with van der Waals surface area (Å²) in [4.78, 5) is 2.43. The Hall–Kier alpha value is -6.42. The first-order valence-corrected chi connectivity index (χ1v) is 18.2. The molecule has 0 amide bonds. The van der Waals surface area contributed by atoms with Gasteiger partial charge in [0.15, 0.2) is 0 Å². The van der Waals surface area contributed by atoms with Gasteiger partial charge in [-0.15, -0.1) is 11.3 Å². The molecular weight excluding hydrogens is 637 g/mol. The Kier molecular flexibility index (Phi) is 7.04. The van der Waals surface area contributed by atoms with Crippen molar-refractivity contribution in [3.05, 3.63) is 194 Å². The van der Waals surface area contributed by atoms with E-state index in [1.165, 1.54) is 69.9 Å². The number of rotatable bonds is 6. The molecule has 0 saturated carbocycles. The van der Waals surface area contributed by atoms with Gasteiger partial charge in [-0.25, -0.2) is 0 Å². The highest BCUT2D eigenvalue weighted by Crippen LogP contribution is 2.48. The van der Waals surface area contributed by atoms with E-state index >= 15 is 0 Å². The summed E-state index contributed by atoms with van der Waals surface area (Å²) in [6.45, 7) is 0. The van der Waals surface area contributed by atoms with Crippen molar-refractivity contribution in [1.82, 2.24) is 4.57 Å². The Morgan fingerprint density at radius 2 is 0.961 bits per heavy atom. The molecule has 0 radical (unpaired) electrons. The minimum atomic E-state index is 1.11. The van der Waals surface area contributed by atoms with Crippen molar-refractivity contribution in [2.24, 2.45) is 0 Å². The van der Waals surface area contributed by atoms with Gasteiger partial charge in [0.05, 0.1) is 22.4 Å². The van der Waals surface area contributed by atoms with E-state index in [2.05, 4.69) is 204 Å². The quantitative estimate of drug-likeness (QED) is 0.171. The molecule has 2 heterocycles. The fraction of sp³-hybridized carbons (Fsp3) is 0. The normalized spacial score (nSPS) is 11.5. The fourth-order valence-corrected chi connectivity index (χ4v) is 8.97. The van der Waals surface area contributed by atoms with Gasteiger partial charge in [0, 0.05) is 59.0 Å². The van der Waals surface area contributed by atoms with E-state index in [1.54, 1.807) is 0 Å². The van der Waals surface area contributed by atoms with Crippen LogP contribution in [0.1, 0.15) is 0 Å². The number of hydrogen-bond acceptors (Lipinski definition) is 2. The van der Waals surface area contributed by atoms with Crippen molar-refractivity contribution in [3.8, 4) is 27.9 Å². The predicted octanol–water partition coefficient (Wildman–Crippen LogP) is 14.0. The van der Waals surface area contributed by atoms with E-state index in [4.69, 9.17) is 0 Å². The molecule has 2 nitrogen and oxygen atoms in total. The third-order valence-corrected chi connectivity index (χ3v) is 11.2. The Morgan fingerprint density at radius 3 is 1.71 bits per heavy atom. The van der Waals surface area contributed by atoms with Gasteiger partial charge >= 0.3 is 0 Å². The minimum Gasteiger partial charge on any atom is -0.310 e. The fourth-order valence-electron chi connectivity index (χ4n) is 7.75. The Labute approximate surface area is 300 Å². The molecule has 0 aliphatic rings. The zero-order chi connectivity index (χ0) is 33.7. The molecule has 3 heteroatoms. The highest BCUT2D eigenvalue weighted by molar-refractivity contribution is 7.26. The Morgan fingerprint density at radius 1 is 0.392 bits per heavy atom. The van der Waals surface area contributed by atoms with E-state index in [1.807, 2.05) is 11.3 Å². The number of thiophene rings is 1. The maximum Gasteiger partial charge on any atom is 0.0541 e. The van der Waals surface area contributed by atoms with E-state index < -0.39 is 0 Å². The summed E-state index contributed by atoms with van der Waals surface area (Å²) in [5.74, 6) is 0. The van der Waals surface area contributed by atoms with Crippen LogP contribution < -0.4 is 4.90 Å². The summed E-state index contributed by atoms with van der Waals surface area (Å²) >= 11 is 1.88. The van der Waals surface area contributed by atoms with Crippen LogP contribution in [0.2, 0.25) is 0 Å². The average Bonchev–Trinajstić information content (AvgIpc) is 3.75. The van der Waals surface area contributed by atoms with E-state index in [0.717, 1.165) is 17.1 Å². The van der Waals surface area contributed by atoms with Crippen LogP contribution in [0.4, 0.5) is 17.1 Å². The molecular formula is C48H32N2S. The van der Waals surface area contributed by atoms with Crippen molar-refractivity contribution in [1.29, 1.82) is 0 Å². The molecule has 0 aliphatic carbocycles. The monoisotopic (exact) mass is 668 g/mol. The number of para-hydroxylation sites is 5. The van der Waals surface area contributed by atoms with E-state index in [-0.39, 0.29) is 0 Å². The van der Waals surface area contributed by atoms with Gasteiger partial charge in [0.25, 0.3) is 0 Å². The van der Waals surface area contributed by atoms with Gasteiger partial charge in [0.2, 0.25) is 0 Å². The van der Waals surface area contributed by atoms with Crippen LogP contribution >= 0.6 is 11.3 Å². The number of aromatic nitrogens is 1. The third-order valence-electron chi connectivity index (χ3n) is 9.98. The molecule has 8 aromatic carbocycles. The summed E-state index contributed by atoms with van der Waals surface area (Å²) in [6, 6.07) is 70.4. The van der Waals surface area contributed by atoms with E-state index in [9.17, 15) is 0 Å². The Balaban J connectivity index is 1.30. The number of fused-ring (bicyclic) bond motifs is 6. The van der Waals surface area contributed by atoms with Gasteiger partial charge in [-0.05, 0) is 60.2 Å². The zero-order valence-corrected chi connectivity index (χ0v) is 28.6. The second-order valence-electron chi connectivity index (χ2n) is 12.9. The first-order chi connectivity index (χ1) is 25.3. The van der Waals surface area contributed by atoms with Crippen molar-refractivity contribution < 1.29 is 0 Å². The molecule has 0 N–H and O–H groups in total. The number of anilines is 3. The SMILES string of the molecule is c1ccc(-c2ccccc2N(c2ccccc2)c2cc(-c3ccccc3-n3c4ccccc4c4ccccc43)c3sc4ccccc4c3c2)cc1. The van der Waals surface area contributed by atoms with Crippen molar-refractivity contribution in [3.63, 3.8) is 0 Å². The highest BCUT2D eigenvalue weighted by Gasteiger charge is 2.23. The van der Waals surface area contributed by atoms with Crippen LogP contribution in [-0.4, -0.2) is 4.57 Å². The molecule has 0 unspecified atom stereocenters. The topological polar surface area (TPSA) is 8.17 Å². The van der Waals surface area contributed by atoms with Crippen LogP contribution in [0, 0.1) is 0 Å². The molecule has 0 spiro atoms. The van der Waals surface area contributed by atoms with Crippen LogP contribution in [-0.2, 0) is 0 Å². The maximum absolute atomic E-state index is 2.45. The lowest BCUT2D eigenvalue weighted by Crippen LogP contribution is -2.11. The van der Waals surface area contributed by atoms with Crippen LogP contribution in [0.5, 0.6) is 0 Å². The molecule has 10 aromatic rings. The summed E-state index contributed by atoms with van der Waals surface area (Å²) in [7, 11) is 0. The standard InChI is InChI=1S/C48H32N2S/c1-3-17-33(18-4-1)36-21-7-12-26-43(36)49(34-19-5-2-6-20-34)35-31-41(48-42(32-35)40-25-11-16-30-47(40)51-48)39-24-10-15-29-46(39)50-44-27-13-8-22-37(44)38-23-9-14-28-45(38)50/h1-32H. The van der Waals surface area contributed by atoms with Crippen molar-refractivity contribution in [2.75, 3.05) is 4.90 Å². The van der Waals surface area contributed by atoms with Gasteiger partial charge in [-0.1, -0.05) is 140 Å². The molecule has 0 atom stereocenters. The van der Waals surface area contributed by atoms with Gasteiger partial charge in [-0.2, -0.15) is 0 Å². The maximum atomic E-state index is 2.45. The summed E-state index contributed by atoms with van der Waals surface area (Å²) in [5, 5.41) is 5.06. The molecule has 0 bridgehead atoms. The molecule has 51 heavy (non-hydrogen) atoms. The summed E-state index contributed by atoms with van der Waals surface area (Å²) < 4.78 is 5.03. The number of nitrogens with zero attached hydrogens (tertiary/aromatic N) is 2. The molecule has 0 fully saturated rings. The van der Waals surface area contributed by atoms with Gasteiger partial charge in [-0.3, -0.25) is 0 Å². The van der Waals surface area contributed by atoms with Crippen LogP contribution in [0.3, 0.4) is 0 Å². The predicted molar refractivity (Wildman–Crippen MR) is 219 cm³/mol. The molecule has 0 aliphatic heterocycles. The molecule has 10 rings (SSSR count). The molecule has 2 aromatic heterocycles. The first kappa shape index (κ1) is 29.5. The number of hydrogen-bond donors (Lipinski definition) is 0. The Bertz CT molecular complexity index is 2810. The second-order valence-corrected chi connectivity index (χ2v) is 14.0. The summed E-state index contributed by atoms with van der Waals surface area (Å²) in [5.41, 5.74) is 11.7. The van der Waals surface area contributed by atoms with E-state index in [0.29, 0.717) is 0 Å². The summed E-state index contributed by atoms with van der Waals surface area (Å²) in [6.07, 6.45) is 0. The molecule has 0 saturated heterocycles. The van der Waals surface area contributed by atoms with Crippen LogP contribution in [0.15, 0.2) is 194 Å². The van der Waals surface area contributed by atoms with Crippen LogP contribution in [0.25, 0.3) is 69.9 Å². The second kappa shape index (κ2) is 12.2. The third kappa shape index (κ3) is 4.85. The lowest BCUT2D eigenvalue weighted by atomic mass is 9.97. The largest absolute Gasteiger partial charge is 0.310 e. The molecule has 240 valence electrons. The zero-order valence-electron chi connectivity index (χ0n) is 27.8. The number of benzene rings is 8. The smallest absolute Gasteiger partial charge is 0.0541 e. The minimum absolute atomic E-state index is 1.11. The van der Waals surface area contributed by atoms with Crippen molar-refractivity contribution >= 4 is 70.4 Å². The highest BCUT2D eigenvalue weighted by atomic mass is 32.1. The first-order valence-electron chi connectivity index (χ1n) is 17.4. The lowest BCUT2D eigenvalue weighted by molar-refractivity contribution is 1.18. The van der Waals surface area contributed by atoms with Crippen molar-refractivity contribution in [2.45, 2.75) is 0 Å². The average molecular weight is 669 g/mol.